The first-order valence-corrected chi connectivity index (χ1v) is 6.59. The Bertz CT molecular complexity index is 614. The van der Waals surface area contributed by atoms with Crippen molar-refractivity contribution < 1.29 is 14.6 Å². The molecular formula is C16H18N2O3. The second kappa shape index (κ2) is 7.31. The van der Waals surface area contributed by atoms with E-state index < -0.39 is 12.5 Å². The second-order valence-electron chi connectivity index (χ2n) is 4.49. The predicted molar refractivity (Wildman–Crippen MR) is 82.5 cm³/mol. The zero-order valence-electron chi connectivity index (χ0n) is 11.8. The Balaban J connectivity index is 1.99. The largest absolute Gasteiger partial charge is 0.497 e. The number of amides is 1. The molecular weight excluding hydrogens is 268 g/mol. The maximum atomic E-state index is 11.1. The molecule has 21 heavy (non-hydrogen) atoms. The summed E-state index contributed by atoms with van der Waals surface area (Å²) in [6, 6.07) is 15.1. The molecule has 5 nitrogen and oxygen atoms in total. The van der Waals surface area contributed by atoms with E-state index in [9.17, 15) is 4.79 Å². The molecule has 2 aromatic rings. The molecule has 0 radical (unpaired) electrons. The number of ether oxygens (including phenoxy) is 1. The Kier molecular flexibility index (Phi) is 5.17. The molecule has 0 aliphatic heterocycles. The highest BCUT2D eigenvalue weighted by Crippen LogP contribution is 2.17. The first kappa shape index (κ1) is 14.9. The Labute approximate surface area is 123 Å². The summed E-state index contributed by atoms with van der Waals surface area (Å²) in [5.74, 6) is 0.387. The lowest BCUT2D eigenvalue weighted by atomic mass is 10.2. The van der Waals surface area contributed by atoms with Crippen LogP contribution in [0, 0.1) is 0 Å². The summed E-state index contributed by atoms with van der Waals surface area (Å²) < 4.78 is 5.18. The van der Waals surface area contributed by atoms with Gasteiger partial charge in [0.15, 0.2) is 0 Å². The van der Waals surface area contributed by atoms with Crippen LogP contribution in [0.1, 0.15) is 5.56 Å². The molecule has 0 aliphatic carbocycles. The molecule has 0 aliphatic rings. The minimum Gasteiger partial charge on any atom is -0.497 e. The molecule has 0 atom stereocenters. The minimum absolute atomic E-state index is 0.431. The average molecular weight is 286 g/mol. The lowest BCUT2D eigenvalue weighted by Gasteiger charge is -2.10. The maximum Gasteiger partial charge on any atom is 0.250 e. The van der Waals surface area contributed by atoms with Crippen LogP contribution < -0.4 is 15.4 Å². The normalized spacial score (nSPS) is 10.0. The molecule has 0 aromatic heterocycles. The smallest absolute Gasteiger partial charge is 0.250 e. The van der Waals surface area contributed by atoms with Gasteiger partial charge < -0.3 is 20.5 Å². The molecule has 0 unspecified atom stereocenters. The fourth-order valence-corrected chi connectivity index (χ4v) is 1.89. The number of carbonyl (C=O) groups is 1. The van der Waals surface area contributed by atoms with Crippen LogP contribution in [-0.4, -0.2) is 24.7 Å². The summed E-state index contributed by atoms with van der Waals surface area (Å²) in [6.07, 6.45) is 0. The monoisotopic (exact) mass is 286 g/mol. The highest BCUT2D eigenvalue weighted by molar-refractivity contribution is 5.91. The van der Waals surface area contributed by atoms with E-state index in [1.165, 1.54) is 0 Å². The number of aliphatic hydroxyl groups excluding tert-OH is 1. The van der Waals surface area contributed by atoms with Crippen molar-refractivity contribution in [2.45, 2.75) is 6.54 Å². The summed E-state index contributed by atoms with van der Waals surface area (Å²) in [4.78, 5) is 11.1. The molecule has 110 valence electrons. The molecule has 0 saturated heterocycles. The van der Waals surface area contributed by atoms with Gasteiger partial charge in [-0.25, -0.2) is 0 Å². The summed E-state index contributed by atoms with van der Waals surface area (Å²) in [7, 11) is 1.64. The van der Waals surface area contributed by atoms with Crippen molar-refractivity contribution in [3.05, 3.63) is 54.1 Å². The van der Waals surface area contributed by atoms with Gasteiger partial charge in [-0.1, -0.05) is 18.2 Å². The van der Waals surface area contributed by atoms with E-state index in [0.717, 1.165) is 17.0 Å². The van der Waals surface area contributed by atoms with Crippen molar-refractivity contribution in [2.24, 2.45) is 0 Å². The van der Waals surface area contributed by atoms with Gasteiger partial charge in [-0.15, -0.1) is 0 Å². The number of aliphatic hydroxyl groups is 1. The van der Waals surface area contributed by atoms with E-state index >= 15 is 0 Å². The Morgan fingerprint density at radius 3 is 2.67 bits per heavy atom. The second-order valence-corrected chi connectivity index (χ2v) is 4.49. The average Bonchev–Trinajstić information content (AvgIpc) is 2.53. The third-order valence-corrected chi connectivity index (χ3v) is 2.92. The van der Waals surface area contributed by atoms with Gasteiger partial charge in [0.25, 0.3) is 0 Å². The van der Waals surface area contributed by atoms with Crippen molar-refractivity contribution in [2.75, 3.05) is 24.4 Å². The van der Waals surface area contributed by atoms with Gasteiger partial charge in [-0.2, -0.15) is 0 Å². The number of benzene rings is 2. The predicted octanol–water partition coefficient (Wildman–Crippen LogP) is 2.24. The zero-order valence-corrected chi connectivity index (χ0v) is 11.8. The van der Waals surface area contributed by atoms with Gasteiger partial charge in [0, 0.05) is 17.9 Å². The fraction of sp³-hybridized carbons (Fsp3) is 0.188. The van der Waals surface area contributed by atoms with Crippen molar-refractivity contribution in [3.63, 3.8) is 0 Å². The Morgan fingerprint density at radius 1 is 1.14 bits per heavy atom. The number of carbonyl (C=O) groups excluding carboxylic acids is 1. The van der Waals surface area contributed by atoms with Crippen LogP contribution in [0.4, 0.5) is 11.4 Å². The van der Waals surface area contributed by atoms with Gasteiger partial charge in [0.1, 0.15) is 12.4 Å². The number of nitrogens with one attached hydrogen (secondary N) is 2. The quantitative estimate of drug-likeness (QED) is 0.761. The lowest BCUT2D eigenvalue weighted by Crippen LogP contribution is -2.15. The van der Waals surface area contributed by atoms with Crippen LogP contribution in [0.5, 0.6) is 5.75 Å². The summed E-state index contributed by atoms with van der Waals surface area (Å²) in [6.45, 7) is 0.121. The number of methoxy groups -OCH3 is 1. The van der Waals surface area contributed by atoms with Gasteiger partial charge in [0.2, 0.25) is 5.91 Å². The van der Waals surface area contributed by atoms with Crippen molar-refractivity contribution in [1.82, 2.24) is 0 Å². The lowest BCUT2D eigenvalue weighted by molar-refractivity contribution is -0.118. The highest BCUT2D eigenvalue weighted by Gasteiger charge is 2.01. The molecule has 1 amide bonds. The van der Waals surface area contributed by atoms with E-state index in [-0.39, 0.29) is 0 Å². The Morgan fingerprint density at radius 2 is 1.90 bits per heavy atom. The number of rotatable bonds is 6. The van der Waals surface area contributed by atoms with Crippen LogP contribution in [0.3, 0.4) is 0 Å². The van der Waals surface area contributed by atoms with Crippen LogP contribution in [0.25, 0.3) is 0 Å². The van der Waals surface area contributed by atoms with E-state index in [1.807, 2.05) is 42.5 Å². The number of hydrogen-bond donors (Lipinski definition) is 3. The topological polar surface area (TPSA) is 70.6 Å². The van der Waals surface area contributed by atoms with Gasteiger partial charge in [-0.3, -0.25) is 4.79 Å². The minimum atomic E-state index is -0.526. The van der Waals surface area contributed by atoms with E-state index in [0.29, 0.717) is 12.2 Å². The molecule has 5 heteroatoms. The number of hydrogen-bond acceptors (Lipinski definition) is 4. The summed E-state index contributed by atoms with van der Waals surface area (Å²) in [5, 5.41) is 14.6. The van der Waals surface area contributed by atoms with Crippen LogP contribution in [0.15, 0.2) is 48.5 Å². The standard InChI is InChI=1S/C16H18N2O3/c1-21-15-7-2-4-12(8-15)10-17-13-5-3-6-14(9-13)18-16(20)11-19/h2-9,17,19H,10-11H2,1H3,(H,18,20). The fourth-order valence-electron chi connectivity index (χ4n) is 1.89. The first-order valence-electron chi connectivity index (χ1n) is 6.59. The Hall–Kier alpha value is -2.53. The SMILES string of the molecule is COc1cccc(CNc2cccc(NC(=O)CO)c2)c1. The molecule has 2 aromatic carbocycles. The first-order chi connectivity index (χ1) is 10.2. The molecule has 0 fully saturated rings. The van der Waals surface area contributed by atoms with Crippen molar-refractivity contribution in [1.29, 1.82) is 0 Å². The van der Waals surface area contributed by atoms with Gasteiger partial charge in [0.05, 0.1) is 7.11 Å². The summed E-state index contributed by atoms with van der Waals surface area (Å²) >= 11 is 0. The van der Waals surface area contributed by atoms with Gasteiger partial charge in [-0.05, 0) is 35.9 Å². The third kappa shape index (κ3) is 4.50. The molecule has 0 heterocycles. The summed E-state index contributed by atoms with van der Waals surface area (Å²) in [5.41, 5.74) is 2.62. The zero-order chi connectivity index (χ0) is 15.1. The van der Waals surface area contributed by atoms with E-state index in [4.69, 9.17) is 9.84 Å². The molecule has 2 rings (SSSR count). The third-order valence-electron chi connectivity index (χ3n) is 2.92. The van der Waals surface area contributed by atoms with E-state index in [1.54, 1.807) is 13.2 Å². The van der Waals surface area contributed by atoms with Crippen molar-refractivity contribution >= 4 is 17.3 Å². The van der Waals surface area contributed by atoms with Crippen LogP contribution in [-0.2, 0) is 11.3 Å². The molecule has 0 bridgehead atoms. The van der Waals surface area contributed by atoms with E-state index in [2.05, 4.69) is 10.6 Å². The number of anilines is 2. The maximum absolute atomic E-state index is 11.1. The molecule has 0 saturated carbocycles. The van der Waals surface area contributed by atoms with Crippen molar-refractivity contribution in [3.8, 4) is 5.75 Å². The van der Waals surface area contributed by atoms with Crippen LogP contribution >= 0.6 is 0 Å². The molecule has 0 spiro atoms. The van der Waals surface area contributed by atoms with Crippen LogP contribution in [0.2, 0.25) is 0 Å². The molecule has 3 N–H and O–H groups in total. The highest BCUT2D eigenvalue weighted by atomic mass is 16.5. The van der Waals surface area contributed by atoms with Gasteiger partial charge >= 0.3 is 0 Å².